The third kappa shape index (κ3) is 3.41. The van der Waals surface area contributed by atoms with Gasteiger partial charge in [0, 0.05) is 16.5 Å². The number of nitrogens with one attached hydrogen (secondary N) is 1. The van der Waals surface area contributed by atoms with E-state index in [1.807, 2.05) is 54.6 Å². The minimum Gasteiger partial charge on any atom is -0.454 e. The van der Waals surface area contributed by atoms with Gasteiger partial charge in [0.25, 0.3) is 5.91 Å². The second-order valence-electron chi connectivity index (χ2n) is 6.80. The maximum Gasteiger partial charge on any atom is 0.256 e. The average molecular weight is 433 g/mol. The predicted molar refractivity (Wildman–Crippen MR) is 121 cm³/mol. The first-order chi connectivity index (χ1) is 14.6. The topological polar surface area (TPSA) is 55.1 Å². The van der Waals surface area contributed by atoms with Crippen molar-refractivity contribution in [3.63, 3.8) is 0 Å². The highest BCUT2D eigenvalue weighted by atomic mass is 35.5. The molecule has 0 aliphatic rings. The number of benzene rings is 3. The number of aromatic nitrogens is 1. The molecular formula is C24H14Cl2N2O2. The van der Waals surface area contributed by atoms with Gasteiger partial charge in [-0.3, -0.25) is 4.79 Å². The number of hydrogen-bond acceptors (Lipinski definition) is 3. The lowest BCUT2D eigenvalue weighted by Crippen LogP contribution is -2.13. The molecule has 0 atom stereocenters. The molecule has 2 aromatic heterocycles. The van der Waals surface area contributed by atoms with Crippen LogP contribution in [0.2, 0.25) is 10.0 Å². The number of rotatable bonds is 3. The molecule has 0 aliphatic carbocycles. The number of nitrogens with zero attached hydrogens (tertiary/aromatic N) is 1. The Morgan fingerprint density at radius 2 is 1.67 bits per heavy atom. The lowest BCUT2D eigenvalue weighted by Gasteiger charge is -2.10. The molecule has 146 valence electrons. The highest BCUT2D eigenvalue weighted by molar-refractivity contribution is 6.42. The molecule has 0 aliphatic heterocycles. The number of para-hydroxylation sites is 2. The second kappa shape index (κ2) is 7.48. The summed E-state index contributed by atoms with van der Waals surface area (Å²) in [7, 11) is 0. The molecule has 3 aromatic carbocycles. The molecule has 0 saturated heterocycles. The normalized spacial score (nSPS) is 11.1. The van der Waals surface area contributed by atoms with Crippen molar-refractivity contribution in [2.24, 2.45) is 0 Å². The summed E-state index contributed by atoms with van der Waals surface area (Å²) in [5.41, 5.74) is 3.10. The van der Waals surface area contributed by atoms with Crippen molar-refractivity contribution in [1.82, 2.24) is 4.98 Å². The molecule has 0 unspecified atom stereocenters. The quantitative estimate of drug-likeness (QED) is 0.327. The van der Waals surface area contributed by atoms with Crippen LogP contribution in [0, 0.1) is 0 Å². The summed E-state index contributed by atoms with van der Waals surface area (Å²) < 4.78 is 5.96. The van der Waals surface area contributed by atoms with Crippen molar-refractivity contribution in [3.8, 4) is 11.5 Å². The Bertz CT molecular complexity index is 1390. The van der Waals surface area contributed by atoms with Gasteiger partial charge in [-0.1, -0.05) is 59.6 Å². The highest BCUT2D eigenvalue weighted by Crippen LogP contribution is 2.30. The summed E-state index contributed by atoms with van der Waals surface area (Å²) >= 11 is 12.0. The second-order valence-corrected chi connectivity index (χ2v) is 7.62. The van der Waals surface area contributed by atoms with Gasteiger partial charge < -0.3 is 9.73 Å². The summed E-state index contributed by atoms with van der Waals surface area (Å²) in [6, 6.07) is 23.9. The van der Waals surface area contributed by atoms with Crippen LogP contribution in [-0.2, 0) is 0 Å². The predicted octanol–water partition coefficient (Wildman–Crippen LogP) is 7.21. The van der Waals surface area contributed by atoms with Crippen molar-refractivity contribution in [3.05, 3.63) is 94.5 Å². The lowest BCUT2D eigenvalue weighted by molar-refractivity contribution is 0.102. The van der Waals surface area contributed by atoms with Crippen LogP contribution in [0.3, 0.4) is 0 Å². The molecule has 0 saturated carbocycles. The van der Waals surface area contributed by atoms with Gasteiger partial charge in [-0.25, -0.2) is 4.98 Å². The number of anilines is 1. The van der Waals surface area contributed by atoms with Gasteiger partial charge in [-0.2, -0.15) is 0 Å². The van der Waals surface area contributed by atoms with E-state index in [1.54, 1.807) is 24.3 Å². The molecule has 0 bridgehead atoms. The SMILES string of the molecule is O=C(Nc1ccc(Cl)c(Cl)c1)c1cc(-c2cc3ccccc3o2)nc2ccccc12. The van der Waals surface area contributed by atoms with Gasteiger partial charge >= 0.3 is 0 Å². The Morgan fingerprint density at radius 3 is 2.50 bits per heavy atom. The molecule has 4 nitrogen and oxygen atoms in total. The van der Waals surface area contributed by atoms with Crippen molar-refractivity contribution < 1.29 is 9.21 Å². The van der Waals surface area contributed by atoms with Crippen LogP contribution in [-0.4, -0.2) is 10.9 Å². The third-order valence-corrected chi connectivity index (χ3v) is 5.56. The lowest BCUT2D eigenvalue weighted by atomic mass is 10.1. The van der Waals surface area contributed by atoms with Gasteiger partial charge in [0.05, 0.1) is 21.1 Å². The number of hydrogen-bond donors (Lipinski definition) is 1. The first-order valence-electron chi connectivity index (χ1n) is 9.23. The third-order valence-electron chi connectivity index (χ3n) is 4.82. The summed E-state index contributed by atoms with van der Waals surface area (Å²) in [5.74, 6) is 0.329. The number of carbonyl (C=O) groups is 1. The minimum atomic E-state index is -0.274. The molecule has 5 rings (SSSR count). The maximum absolute atomic E-state index is 13.1. The summed E-state index contributed by atoms with van der Waals surface area (Å²) in [4.78, 5) is 17.8. The van der Waals surface area contributed by atoms with Crippen LogP contribution in [0.5, 0.6) is 0 Å². The van der Waals surface area contributed by atoms with E-state index >= 15 is 0 Å². The Morgan fingerprint density at radius 1 is 0.867 bits per heavy atom. The Kier molecular flexibility index (Phi) is 4.66. The standard InChI is InChI=1S/C24H14Cl2N2O2/c25-18-10-9-15(12-19(18)26)27-24(29)17-13-21(28-20-7-3-2-6-16(17)20)23-11-14-5-1-4-8-22(14)30-23/h1-13H,(H,27,29). The zero-order chi connectivity index (χ0) is 20.7. The summed E-state index contributed by atoms with van der Waals surface area (Å²) in [6.07, 6.45) is 0. The van der Waals surface area contributed by atoms with Crippen LogP contribution < -0.4 is 5.32 Å². The van der Waals surface area contributed by atoms with Crippen LogP contribution >= 0.6 is 23.2 Å². The molecule has 30 heavy (non-hydrogen) atoms. The highest BCUT2D eigenvalue weighted by Gasteiger charge is 2.16. The summed E-state index contributed by atoms with van der Waals surface area (Å²) in [6.45, 7) is 0. The monoisotopic (exact) mass is 432 g/mol. The fourth-order valence-corrected chi connectivity index (χ4v) is 3.67. The number of halogens is 2. The van der Waals surface area contributed by atoms with E-state index in [0.717, 1.165) is 16.4 Å². The van der Waals surface area contributed by atoms with Gasteiger partial charge in [-0.05, 0) is 42.5 Å². The van der Waals surface area contributed by atoms with Crippen molar-refractivity contribution in [1.29, 1.82) is 0 Å². The number of pyridine rings is 1. The van der Waals surface area contributed by atoms with E-state index in [1.165, 1.54) is 0 Å². The van der Waals surface area contributed by atoms with Gasteiger partial charge in [-0.15, -0.1) is 0 Å². The largest absolute Gasteiger partial charge is 0.454 e. The van der Waals surface area contributed by atoms with Crippen molar-refractivity contribution >= 4 is 56.7 Å². The number of fused-ring (bicyclic) bond motifs is 2. The molecule has 1 N–H and O–H groups in total. The average Bonchev–Trinajstić information content (AvgIpc) is 3.20. The molecule has 5 aromatic rings. The van der Waals surface area contributed by atoms with Crippen molar-refractivity contribution in [2.45, 2.75) is 0 Å². The van der Waals surface area contributed by atoms with E-state index < -0.39 is 0 Å². The van der Waals surface area contributed by atoms with E-state index in [4.69, 9.17) is 32.6 Å². The first-order valence-corrected chi connectivity index (χ1v) is 9.99. The van der Waals surface area contributed by atoms with Gasteiger partial charge in [0.2, 0.25) is 0 Å². The molecular weight excluding hydrogens is 419 g/mol. The van der Waals surface area contributed by atoms with Crippen LogP contribution in [0.25, 0.3) is 33.3 Å². The zero-order valence-corrected chi connectivity index (χ0v) is 17.0. The fraction of sp³-hybridized carbons (Fsp3) is 0. The molecule has 0 radical (unpaired) electrons. The molecule has 0 fully saturated rings. The Balaban J connectivity index is 1.61. The molecule has 2 heterocycles. The molecule has 1 amide bonds. The number of carbonyl (C=O) groups excluding carboxylic acids is 1. The zero-order valence-electron chi connectivity index (χ0n) is 15.5. The van der Waals surface area contributed by atoms with Crippen LogP contribution in [0.4, 0.5) is 5.69 Å². The van der Waals surface area contributed by atoms with Gasteiger partial charge in [0.1, 0.15) is 11.3 Å². The summed E-state index contributed by atoms with van der Waals surface area (Å²) in [5, 5.41) is 5.40. The van der Waals surface area contributed by atoms with E-state index in [0.29, 0.717) is 38.3 Å². The number of amides is 1. The minimum absolute atomic E-state index is 0.274. The van der Waals surface area contributed by atoms with Crippen molar-refractivity contribution in [2.75, 3.05) is 5.32 Å². The Labute approximate surface area is 182 Å². The fourth-order valence-electron chi connectivity index (χ4n) is 3.37. The maximum atomic E-state index is 13.1. The van der Waals surface area contributed by atoms with Crippen LogP contribution in [0.15, 0.2) is 83.3 Å². The molecule has 6 heteroatoms. The first kappa shape index (κ1) is 18.7. The Hall–Kier alpha value is -3.34. The van der Waals surface area contributed by atoms with E-state index in [2.05, 4.69) is 5.32 Å². The van der Waals surface area contributed by atoms with Gasteiger partial charge in [0.15, 0.2) is 5.76 Å². The number of furan rings is 1. The smallest absolute Gasteiger partial charge is 0.256 e. The van der Waals surface area contributed by atoms with Crippen LogP contribution in [0.1, 0.15) is 10.4 Å². The molecule has 0 spiro atoms. The van der Waals surface area contributed by atoms with E-state index in [9.17, 15) is 4.79 Å². The van der Waals surface area contributed by atoms with E-state index in [-0.39, 0.29) is 5.91 Å².